The molecule has 0 bridgehead atoms. The quantitative estimate of drug-likeness (QED) is 0.885. The number of hydrogen-bond donors (Lipinski definition) is 1. The van der Waals surface area contributed by atoms with E-state index in [9.17, 15) is 0 Å². The molecule has 1 aliphatic carbocycles. The summed E-state index contributed by atoms with van der Waals surface area (Å²) in [6.07, 6.45) is 6.04. The zero-order valence-electron chi connectivity index (χ0n) is 11.7. The lowest BCUT2D eigenvalue weighted by Crippen LogP contribution is -2.43. The van der Waals surface area contributed by atoms with Crippen molar-refractivity contribution in [3.63, 3.8) is 0 Å². The summed E-state index contributed by atoms with van der Waals surface area (Å²) in [6.45, 7) is 2.33. The molecule has 100 valence electrons. The van der Waals surface area contributed by atoms with E-state index in [0.29, 0.717) is 12.1 Å². The molecule has 1 atom stereocenters. The Morgan fingerprint density at radius 2 is 1.78 bits per heavy atom. The molecule has 1 saturated carbocycles. The molecule has 2 N–H and O–H groups in total. The lowest BCUT2D eigenvalue weighted by atomic mass is 9.90. The van der Waals surface area contributed by atoms with Crippen LogP contribution in [-0.4, -0.2) is 30.1 Å². The highest BCUT2D eigenvalue weighted by Crippen LogP contribution is 2.23. The Hall–Kier alpha value is -0.860. The second kappa shape index (κ2) is 6.35. The molecule has 1 fully saturated rings. The Labute approximate surface area is 111 Å². The van der Waals surface area contributed by atoms with E-state index >= 15 is 0 Å². The molecule has 1 aromatic carbocycles. The van der Waals surface area contributed by atoms with Crippen molar-refractivity contribution in [2.24, 2.45) is 5.73 Å². The second-order valence-electron chi connectivity index (χ2n) is 5.77. The molecule has 2 heteroatoms. The van der Waals surface area contributed by atoms with Gasteiger partial charge in [0.05, 0.1) is 0 Å². The van der Waals surface area contributed by atoms with E-state index in [1.807, 2.05) is 0 Å². The fourth-order valence-corrected chi connectivity index (χ4v) is 2.97. The van der Waals surface area contributed by atoms with Crippen LogP contribution in [0.3, 0.4) is 0 Å². The summed E-state index contributed by atoms with van der Waals surface area (Å²) in [4.78, 5) is 2.55. The SMILES string of the molecule is CC(Cc1ccccc1)N(C)C1CCC(N)CC1. The zero-order valence-corrected chi connectivity index (χ0v) is 11.7. The summed E-state index contributed by atoms with van der Waals surface area (Å²) in [6, 6.07) is 12.6. The predicted molar refractivity (Wildman–Crippen MR) is 77.6 cm³/mol. The Balaban J connectivity index is 1.86. The summed E-state index contributed by atoms with van der Waals surface area (Å²) in [7, 11) is 2.27. The molecule has 0 saturated heterocycles. The van der Waals surface area contributed by atoms with Gasteiger partial charge in [0, 0.05) is 18.1 Å². The van der Waals surface area contributed by atoms with Crippen molar-refractivity contribution in [3.8, 4) is 0 Å². The summed E-state index contributed by atoms with van der Waals surface area (Å²) in [5.74, 6) is 0. The Kier molecular flexibility index (Phi) is 4.79. The predicted octanol–water partition coefficient (Wildman–Crippen LogP) is 2.82. The van der Waals surface area contributed by atoms with Gasteiger partial charge in [-0.25, -0.2) is 0 Å². The maximum atomic E-state index is 5.98. The van der Waals surface area contributed by atoms with Crippen LogP contribution in [0.2, 0.25) is 0 Å². The molecular weight excluding hydrogens is 220 g/mol. The standard InChI is InChI=1S/C16H26N2/c1-13(12-14-6-4-3-5-7-14)18(2)16-10-8-15(17)9-11-16/h3-7,13,15-16H,8-12,17H2,1-2H3. The van der Waals surface area contributed by atoms with Gasteiger partial charge >= 0.3 is 0 Å². The molecule has 0 radical (unpaired) electrons. The van der Waals surface area contributed by atoms with Gasteiger partial charge in [0.25, 0.3) is 0 Å². The van der Waals surface area contributed by atoms with Crippen molar-refractivity contribution in [1.29, 1.82) is 0 Å². The van der Waals surface area contributed by atoms with Crippen LogP contribution in [0.15, 0.2) is 30.3 Å². The first kappa shape index (κ1) is 13.6. The lowest BCUT2D eigenvalue weighted by Gasteiger charge is -2.37. The van der Waals surface area contributed by atoms with Crippen LogP contribution in [0.25, 0.3) is 0 Å². The maximum Gasteiger partial charge on any atom is 0.0107 e. The van der Waals surface area contributed by atoms with Gasteiger partial charge in [-0.05, 0) is 51.6 Å². The van der Waals surface area contributed by atoms with Crippen molar-refractivity contribution in [2.75, 3.05) is 7.05 Å². The first-order chi connectivity index (χ1) is 8.66. The highest BCUT2D eigenvalue weighted by molar-refractivity contribution is 5.15. The van der Waals surface area contributed by atoms with E-state index in [-0.39, 0.29) is 0 Å². The number of benzene rings is 1. The van der Waals surface area contributed by atoms with Gasteiger partial charge in [0.1, 0.15) is 0 Å². The van der Waals surface area contributed by atoms with Crippen LogP contribution in [0, 0.1) is 0 Å². The van der Waals surface area contributed by atoms with Gasteiger partial charge in [-0.1, -0.05) is 30.3 Å². The van der Waals surface area contributed by atoms with Gasteiger partial charge in [-0.2, -0.15) is 0 Å². The van der Waals surface area contributed by atoms with Crippen LogP contribution >= 0.6 is 0 Å². The topological polar surface area (TPSA) is 29.3 Å². The monoisotopic (exact) mass is 246 g/mol. The Morgan fingerprint density at radius 1 is 1.17 bits per heavy atom. The molecular formula is C16H26N2. The average molecular weight is 246 g/mol. The molecule has 0 amide bonds. The van der Waals surface area contributed by atoms with Gasteiger partial charge in [-0.3, -0.25) is 0 Å². The fourth-order valence-electron chi connectivity index (χ4n) is 2.97. The normalized spacial score (nSPS) is 26.2. The van der Waals surface area contributed by atoms with Gasteiger partial charge in [0.2, 0.25) is 0 Å². The summed E-state index contributed by atoms with van der Waals surface area (Å²) < 4.78 is 0. The molecule has 1 unspecified atom stereocenters. The van der Waals surface area contributed by atoms with Crippen LogP contribution in [-0.2, 0) is 6.42 Å². The average Bonchev–Trinajstić information content (AvgIpc) is 2.40. The van der Waals surface area contributed by atoms with E-state index in [0.717, 1.165) is 12.5 Å². The van der Waals surface area contributed by atoms with Gasteiger partial charge in [-0.15, -0.1) is 0 Å². The Morgan fingerprint density at radius 3 is 2.39 bits per heavy atom. The molecule has 1 aromatic rings. The molecule has 18 heavy (non-hydrogen) atoms. The van der Waals surface area contributed by atoms with Crippen LogP contribution < -0.4 is 5.73 Å². The molecule has 1 aliphatic rings. The number of nitrogens with two attached hydrogens (primary N) is 1. The second-order valence-corrected chi connectivity index (χ2v) is 5.77. The van der Waals surface area contributed by atoms with E-state index in [1.54, 1.807) is 0 Å². The van der Waals surface area contributed by atoms with Crippen LogP contribution in [0.1, 0.15) is 38.2 Å². The third-order valence-electron chi connectivity index (χ3n) is 4.39. The summed E-state index contributed by atoms with van der Waals surface area (Å²) in [5.41, 5.74) is 7.41. The minimum atomic E-state index is 0.444. The van der Waals surface area contributed by atoms with E-state index in [2.05, 4.69) is 49.2 Å². The third-order valence-corrected chi connectivity index (χ3v) is 4.39. The molecule has 2 rings (SSSR count). The molecule has 0 aromatic heterocycles. The fraction of sp³-hybridized carbons (Fsp3) is 0.625. The summed E-state index contributed by atoms with van der Waals surface area (Å²) >= 11 is 0. The van der Waals surface area contributed by atoms with E-state index in [1.165, 1.54) is 31.2 Å². The van der Waals surface area contributed by atoms with Crippen molar-refractivity contribution < 1.29 is 0 Å². The Bertz CT molecular complexity index is 341. The maximum absolute atomic E-state index is 5.98. The molecule has 0 spiro atoms. The molecule has 0 aliphatic heterocycles. The van der Waals surface area contributed by atoms with Crippen molar-refractivity contribution in [3.05, 3.63) is 35.9 Å². The number of hydrogen-bond acceptors (Lipinski definition) is 2. The zero-order chi connectivity index (χ0) is 13.0. The summed E-state index contributed by atoms with van der Waals surface area (Å²) in [5, 5.41) is 0. The van der Waals surface area contributed by atoms with Gasteiger partial charge in [0.15, 0.2) is 0 Å². The van der Waals surface area contributed by atoms with Crippen molar-refractivity contribution in [2.45, 2.75) is 57.2 Å². The van der Waals surface area contributed by atoms with Crippen LogP contribution in [0.4, 0.5) is 0 Å². The van der Waals surface area contributed by atoms with Gasteiger partial charge < -0.3 is 10.6 Å². The minimum absolute atomic E-state index is 0.444. The number of nitrogens with zero attached hydrogens (tertiary/aromatic N) is 1. The lowest BCUT2D eigenvalue weighted by molar-refractivity contribution is 0.140. The highest BCUT2D eigenvalue weighted by atomic mass is 15.2. The molecule has 0 heterocycles. The molecule has 2 nitrogen and oxygen atoms in total. The first-order valence-electron chi connectivity index (χ1n) is 7.18. The smallest absolute Gasteiger partial charge is 0.0107 e. The third kappa shape index (κ3) is 3.56. The van der Waals surface area contributed by atoms with E-state index < -0.39 is 0 Å². The minimum Gasteiger partial charge on any atom is -0.328 e. The van der Waals surface area contributed by atoms with Crippen LogP contribution in [0.5, 0.6) is 0 Å². The first-order valence-corrected chi connectivity index (χ1v) is 7.18. The van der Waals surface area contributed by atoms with Crippen molar-refractivity contribution in [1.82, 2.24) is 4.90 Å². The van der Waals surface area contributed by atoms with E-state index in [4.69, 9.17) is 5.73 Å². The number of rotatable bonds is 4. The number of likely N-dealkylation sites (N-methyl/N-ethyl adjacent to an activating group) is 1. The highest BCUT2D eigenvalue weighted by Gasteiger charge is 2.24. The van der Waals surface area contributed by atoms with Crippen molar-refractivity contribution >= 4 is 0 Å². The largest absolute Gasteiger partial charge is 0.328 e.